The van der Waals surface area contributed by atoms with Gasteiger partial charge in [0.05, 0.1) is 11.6 Å². The summed E-state index contributed by atoms with van der Waals surface area (Å²) in [6.45, 7) is 0.815. The number of carbonyl (C=O) groups is 1. The summed E-state index contributed by atoms with van der Waals surface area (Å²) in [5.41, 5.74) is 4.13. The van der Waals surface area contributed by atoms with Gasteiger partial charge in [-0.25, -0.2) is 0 Å². The fourth-order valence-electron chi connectivity index (χ4n) is 4.31. The molecule has 1 aliphatic heterocycles. The minimum atomic E-state index is -0.324. The number of rotatable bonds is 3. The number of phenols is 1. The van der Waals surface area contributed by atoms with Crippen molar-refractivity contribution in [1.29, 1.82) is 0 Å². The summed E-state index contributed by atoms with van der Waals surface area (Å²) >= 11 is 0. The summed E-state index contributed by atoms with van der Waals surface area (Å²) in [7, 11) is 0. The van der Waals surface area contributed by atoms with Crippen LogP contribution in [0, 0.1) is 0 Å². The van der Waals surface area contributed by atoms with E-state index in [4.69, 9.17) is 0 Å². The van der Waals surface area contributed by atoms with Gasteiger partial charge in [0.2, 0.25) is 0 Å². The molecule has 1 amide bonds. The minimum absolute atomic E-state index is 0.0244. The quantitative estimate of drug-likeness (QED) is 0.457. The molecule has 1 unspecified atom stereocenters. The smallest absolute Gasteiger partial charge is 0.259 e. The molecule has 1 aliphatic rings. The molecule has 1 heterocycles. The van der Waals surface area contributed by atoms with E-state index in [-0.39, 0.29) is 23.3 Å². The van der Waals surface area contributed by atoms with Crippen LogP contribution in [0.4, 0.5) is 5.69 Å². The van der Waals surface area contributed by atoms with Crippen molar-refractivity contribution in [3.05, 3.63) is 107 Å². The number of amides is 1. The largest absolute Gasteiger partial charge is 0.507 e. The zero-order valence-electron chi connectivity index (χ0n) is 16.4. The molecule has 0 saturated carbocycles. The van der Waals surface area contributed by atoms with Gasteiger partial charge in [-0.1, -0.05) is 66.7 Å². The Bertz CT molecular complexity index is 1230. The van der Waals surface area contributed by atoms with Gasteiger partial charge in [0.25, 0.3) is 5.91 Å². The number of hydrogen-bond donors (Lipinski definition) is 3. The van der Waals surface area contributed by atoms with Crippen LogP contribution in [0.25, 0.3) is 10.8 Å². The molecular formula is C26H22N2O2. The highest BCUT2D eigenvalue weighted by molar-refractivity contribution is 6.09. The molecule has 4 aromatic rings. The number of aromatic hydroxyl groups is 1. The summed E-state index contributed by atoms with van der Waals surface area (Å²) in [6.07, 6.45) is 0.944. The first-order valence-corrected chi connectivity index (χ1v) is 10.1. The number of carbonyl (C=O) groups excluding carboxylic acids is 1. The van der Waals surface area contributed by atoms with E-state index in [1.54, 1.807) is 6.07 Å². The zero-order valence-corrected chi connectivity index (χ0v) is 16.4. The van der Waals surface area contributed by atoms with Crippen LogP contribution in [-0.4, -0.2) is 17.6 Å². The van der Waals surface area contributed by atoms with Gasteiger partial charge in [0.1, 0.15) is 5.75 Å². The summed E-state index contributed by atoms with van der Waals surface area (Å²) in [5, 5.41) is 19.6. The molecule has 0 aromatic heterocycles. The third-order valence-corrected chi connectivity index (χ3v) is 5.73. The van der Waals surface area contributed by atoms with Gasteiger partial charge in [0, 0.05) is 17.8 Å². The first-order valence-electron chi connectivity index (χ1n) is 10.1. The average molecular weight is 394 g/mol. The number of nitrogens with one attached hydrogen (secondary N) is 2. The van der Waals surface area contributed by atoms with E-state index < -0.39 is 0 Å². The highest BCUT2D eigenvalue weighted by Crippen LogP contribution is 2.40. The van der Waals surface area contributed by atoms with E-state index in [1.165, 1.54) is 5.56 Å². The first kappa shape index (κ1) is 18.4. The highest BCUT2D eigenvalue weighted by Gasteiger charge is 2.28. The van der Waals surface area contributed by atoms with Crippen molar-refractivity contribution in [3.63, 3.8) is 0 Å². The van der Waals surface area contributed by atoms with Gasteiger partial charge in [0.15, 0.2) is 0 Å². The maximum Gasteiger partial charge on any atom is 0.259 e. The third kappa shape index (κ3) is 3.21. The van der Waals surface area contributed by atoms with E-state index >= 15 is 0 Å². The minimum Gasteiger partial charge on any atom is -0.507 e. The molecule has 148 valence electrons. The van der Waals surface area contributed by atoms with Crippen LogP contribution >= 0.6 is 0 Å². The molecule has 0 saturated heterocycles. The van der Waals surface area contributed by atoms with Crippen LogP contribution in [-0.2, 0) is 6.42 Å². The van der Waals surface area contributed by atoms with E-state index in [0.717, 1.165) is 34.9 Å². The zero-order chi connectivity index (χ0) is 20.5. The molecule has 3 N–H and O–H groups in total. The summed E-state index contributed by atoms with van der Waals surface area (Å²) in [4.78, 5) is 13.1. The van der Waals surface area contributed by atoms with Gasteiger partial charge in [-0.05, 0) is 46.5 Å². The molecule has 4 nitrogen and oxygen atoms in total. The standard InChI is InChI=1S/C26H22N2O2/c29-25-22(26(30)28-19-10-2-1-3-11-19)16-18-9-5-6-12-20(18)23(25)24-21-13-7-4-8-17(21)14-15-27-24/h1-13,16,24,27,29H,14-15H2,(H,28,30). The Balaban J connectivity index is 1.67. The lowest BCUT2D eigenvalue weighted by Crippen LogP contribution is -2.31. The maximum atomic E-state index is 13.1. The SMILES string of the molecule is O=C(Nc1ccccc1)c1cc2ccccc2c(C2NCCc3ccccc32)c1O. The van der Waals surface area contributed by atoms with Crippen molar-refractivity contribution in [3.8, 4) is 5.75 Å². The van der Waals surface area contributed by atoms with Gasteiger partial charge in [-0.2, -0.15) is 0 Å². The molecule has 0 radical (unpaired) electrons. The molecule has 0 fully saturated rings. The van der Waals surface area contributed by atoms with Gasteiger partial charge < -0.3 is 15.7 Å². The molecule has 5 rings (SSSR count). The van der Waals surface area contributed by atoms with E-state index in [1.807, 2.05) is 66.7 Å². The van der Waals surface area contributed by atoms with Crippen LogP contribution in [0.1, 0.15) is 33.1 Å². The monoisotopic (exact) mass is 394 g/mol. The third-order valence-electron chi connectivity index (χ3n) is 5.73. The number of phenolic OH excluding ortho intramolecular Hbond substituents is 1. The Hall–Kier alpha value is -3.63. The second kappa shape index (κ2) is 7.65. The van der Waals surface area contributed by atoms with Gasteiger partial charge in [-0.3, -0.25) is 4.79 Å². The lowest BCUT2D eigenvalue weighted by atomic mass is 9.85. The molecule has 4 heteroatoms. The van der Waals surface area contributed by atoms with Crippen molar-refractivity contribution in [2.45, 2.75) is 12.5 Å². The summed E-state index contributed by atoms with van der Waals surface area (Å²) in [5.74, 6) is -0.300. The van der Waals surface area contributed by atoms with E-state index in [9.17, 15) is 9.90 Å². The lowest BCUT2D eigenvalue weighted by Gasteiger charge is -2.29. The molecule has 0 aliphatic carbocycles. The van der Waals surface area contributed by atoms with E-state index in [0.29, 0.717) is 5.69 Å². The van der Waals surface area contributed by atoms with Crippen molar-refractivity contribution in [2.75, 3.05) is 11.9 Å². The van der Waals surface area contributed by atoms with Crippen LogP contribution in [0.3, 0.4) is 0 Å². The van der Waals surface area contributed by atoms with Crippen molar-refractivity contribution >= 4 is 22.4 Å². The Morgan fingerprint density at radius 2 is 1.67 bits per heavy atom. The summed E-state index contributed by atoms with van der Waals surface area (Å²) in [6, 6.07) is 27.1. The molecular weight excluding hydrogens is 372 g/mol. The number of hydrogen-bond acceptors (Lipinski definition) is 3. The molecule has 30 heavy (non-hydrogen) atoms. The Morgan fingerprint density at radius 3 is 2.53 bits per heavy atom. The number of fused-ring (bicyclic) bond motifs is 2. The fraction of sp³-hybridized carbons (Fsp3) is 0.115. The van der Waals surface area contributed by atoms with Crippen LogP contribution in [0.15, 0.2) is 84.9 Å². The lowest BCUT2D eigenvalue weighted by molar-refractivity contribution is 0.102. The second-order valence-electron chi connectivity index (χ2n) is 7.56. The Labute approximate surface area is 175 Å². The Kier molecular flexibility index (Phi) is 4.69. The predicted octanol–water partition coefficient (Wildman–Crippen LogP) is 5.03. The van der Waals surface area contributed by atoms with Crippen molar-refractivity contribution in [1.82, 2.24) is 5.32 Å². The normalized spacial score (nSPS) is 15.5. The average Bonchev–Trinajstić information content (AvgIpc) is 2.79. The van der Waals surface area contributed by atoms with Crippen LogP contribution in [0.2, 0.25) is 0 Å². The molecule has 1 atom stereocenters. The highest BCUT2D eigenvalue weighted by atomic mass is 16.3. The fourth-order valence-corrected chi connectivity index (χ4v) is 4.31. The second-order valence-corrected chi connectivity index (χ2v) is 7.56. The van der Waals surface area contributed by atoms with Crippen LogP contribution < -0.4 is 10.6 Å². The first-order chi connectivity index (χ1) is 14.7. The predicted molar refractivity (Wildman–Crippen MR) is 120 cm³/mol. The van der Waals surface area contributed by atoms with E-state index in [2.05, 4.69) is 22.8 Å². The topological polar surface area (TPSA) is 61.4 Å². The van der Waals surface area contributed by atoms with Crippen molar-refractivity contribution < 1.29 is 9.90 Å². The maximum absolute atomic E-state index is 13.1. The number of anilines is 1. The van der Waals surface area contributed by atoms with Crippen molar-refractivity contribution in [2.24, 2.45) is 0 Å². The molecule has 4 aromatic carbocycles. The van der Waals surface area contributed by atoms with Crippen LogP contribution in [0.5, 0.6) is 5.75 Å². The molecule has 0 bridgehead atoms. The Morgan fingerprint density at radius 1 is 0.933 bits per heavy atom. The summed E-state index contributed by atoms with van der Waals surface area (Å²) < 4.78 is 0. The van der Waals surface area contributed by atoms with Gasteiger partial charge >= 0.3 is 0 Å². The molecule has 0 spiro atoms. The van der Waals surface area contributed by atoms with Gasteiger partial charge in [-0.15, -0.1) is 0 Å². The number of benzene rings is 4. The number of para-hydroxylation sites is 1.